The van der Waals surface area contributed by atoms with Gasteiger partial charge in [-0.2, -0.15) is 0 Å². The van der Waals surface area contributed by atoms with Crippen LogP contribution in [0.4, 0.5) is 23.0 Å². The van der Waals surface area contributed by atoms with E-state index in [0.29, 0.717) is 28.6 Å². The number of ketones is 2. The summed E-state index contributed by atoms with van der Waals surface area (Å²) < 4.78 is 0. The number of anilines is 4. The van der Waals surface area contributed by atoms with Crippen LogP contribution in [0.25, 0.3) is 21.8 Å². The van der Waals surface area contributed by atoms with Gasteiger partial charge in [-0.05, 0) is 84.3 Å². The fourth-order valence-electron chi connectivity index (χ4n) is 6.17. The maximum absolute atomic E-state index is 13.7. The minimum Gasteiger partial charge on any atom is -0.288 e. The number of nitrogens with zero attached hydrogens (tertiary/aromatic N) is 4. The Hall–Kier alpha value is -5.88. The number of allylic oxidation sites excluding steroid dienone is 3. The van der Waals surface area contributed by atoms with Gasteiger partial charge in [-0.3, -0.25) is 19.4 Å². The van der Waals surface area contributed by atoms with Crippen molar-refractivity contribution in [1.82, 2.24) is 9.97 Å². The van der Waals surface area contributed by atoms with Crippen LogP contribution in [-0.4, -0.2) is 21.5 Å². The first-order valence-corrected chi connectivity index (χ1v) is 14.5. The van der Waals surface area contributed by atoms with Crippen LogP contribution in [0, 0.1) is 13.8 Å². The van der Waals surface area contributed by atoms with Gasteiger partial charge in [-0.25, -0.2) is 9.97 Å². The van der Waals surface area contributed by atoms with Crippen molar-refractivity contribution in [1.29, 1.82) is 0 Å². The third kappa shape index (κ3) is 3.88. The largest absolute Gasteiger partial charge is 0.288 e. The van der Waals surface area contributed by atoms with Gasteiger partial charge in [-0.1, -0.05) is 72.8 Å². The number of carbonyl (C=O) groups is 2. The molecule has 2 aliphatic rings. The molecule has 1 aliphatic carbocycles. The molecule has 5 aromatic carbocycles. The molecular weight excluding hydrogens is 544 g/mol. The van der Waals surface area contributed by atoms with E-state index in [2.05, 4.69) is 35.8 Å². The van der Waals surface area contributed by atoms with Crippen molar-refractivity contribution < 1.29 is 9.59 Å². The predicted molar refractivity (Wildman–Crippen MR) is 175 cm³/mol. The topological polar surface area (TPSA) is 66.4 Å². The van der Waals surface area contributed by atoms with Crippen LogP contribution in [0.5, 0.6) is 0 Å². The molecule has 2 heterocycles. The SMILES string of the molecule is Cc1ccccc1N1C(=CC=C2C(=O)c3cc4ccccc4cc3C2=O)N(c2ccccc2C)c2nc3ccccc3nc21. The highest BCUT2D eigenvalue weighted by molar-refractivity contribution is 6.40. The summed E-state index contributed by atoms with van der Waals surface area (Å²) in [5.74, 6) is 1.52. The summed E-state index contributed by atoms with van der Waals surface area (Å²) in [7, 11) is 0. The highest BCUT2D eigenvalue weighted by atomic mass is 16.2. The van der Waals surface area contributed by atoms with Gasteiger partial charge in [0.05, 0.1) is 28.0 Å². The molecule has 0 spiro atoms. The number of aryl methyl sites for hydroxylation is 2. The third-order valence-electron chi connectivity index (χ3n) is 8.39. The normalized spacial score (nSPS) is 14.0. The summed E-state index contributed by atoms with van der Waals surface area (Å²) in [5.41, 5.74) is 6.52. The molecule has 0 radical (unpaired) electrons. The molecular formula is C38H26N4O2. The lowest BCUT2D eigenvalue weighted by Gasteiger charge is -2.26. The van der Waals surface area contributed by atoms with E-state index < -0.39 is 0 Å². The van der Waals surface area contributed by atoms with E-state index in [1.807, 2.05) is 103 Å². The van der Waals surface area contributed by atoms with Gasteiger partial charge in [-0.15, -0.1) is 0 Å². The Balaban J connectivity index is 1.37. The second-order valence-corrected chi connectivity index (χ2v) is 11.1. The maximum atomic E-state index is 13.7. The number of Topliss-reactive ketones (excluding diaryl/α,β-unsaturated/α-hetero) is 2. The van der Waals surface area contributed by atoms with Gasteiger partial charge in [0.25, 0.3) is 0 Å². The molecule has 1 aromatic heterocycles. The summed E-state index contributed by atoms with van der Waals surface area (Å²) in [5, 5.41) is 1.86. The van der Waals surface area contributed by atoms with Crippen LogP contribution in [0.3, 0.4) is 0 Å². The second-order valence-electron chi connectivity index (χ2n) is 11.1. The summed E-state index contributed by atoms with van der Waals surface area (Å²) in [6.07, 6.45) is 3.51. The molecule has 1 aliphatic heterocycles. The molecule has 0 N–H and O–H groups in total. The van der Waals surface area contributed by atoms with Crippen LogP contribution in [0.1, 0.15) is 31.8 Å². The van der Waals surface area contributed by atoms with Gasteiger partial charge >= 0.3 is 0 Å². The third-order valence-corrected chi connectivity index (χ3v) is 8.39. The Bertz CT molecular complexity index is 2120. The lowest BCUT2D eigenvalue weighted by molar-refractivity contribution is 0.0988. The predicted octanol–water partition coefficient (Wildman–Crippen LogP) is 8.54. The quantitative estimate of drug-likeness (QED) is 0.157. The monoisotopic (exact) mass is 570 g/mol. The number of rotatable bonds is 3. The molecule has 0 unspecified atom stereocenters. The highest BCUT2D eigenvalue weighted by Gasteiger charge is 2.38. The summed E-state index contributed by atoms with van der Waals surface area (Å²) in [4.78, 5) is 41.7. The van der Waals surface area contributed by atoms with Crippen molar-refractivity contribution >= 4 is 56.4 Å². The fraction of sp³-hybridized carbons (Fsp3) is 0.0526. The minimum atomic E-state index is -0.269. The molecule has 210 valence electrons. The number of hydrogen-bond acceptors (Lipinski definition) is 6. The molecule has 0 fully saturated rings. The van der Waals surface area contributed by atoms with Crippen molar-refractivity contribution in [2.24, 2.45) is 0 Å². The zero-order valence-electron chi connectivity index (χ0n) is 24.2. The molecule has 6 nitrogen and oxygen atoms in total. The number of aromatic nitrogens is 2. The zero-order valence-corrected chi connectivity index (χ0v) is 24.2. The first-order chi connectivity index (χ1) is 21.5. The van der Waals surface area contributed by atoms with Crippen molar-refractivity contribution in [2.75, 3.05) is 9.80 Å². The van der Waals surface area contributed by atoms with Crippen LogP contribution < -0.4 is 9.80 Å². The first-order valence-electron chi connectivity index (χ1n) is 14.5. The molecule has 6 heteroatoms. The summed E-state index contributed by atoms with van der Waals surface area (Å²) >= 11 is 0. The Kier molecular flexibility index (Phi) is 5.78. The number of para-hydroxylation sites is 4. The lowest BCUT2D eigenvalue weighted by atomic mass is 10.0. The average Bonchev–Trinajstić information content (AvgIpc) is 3.47. The van der Waals surface area contributed by atoms with E-state index in [1.165, 1.54) is 0 Å². The number of carbonyl (C=O) groups excluding carboxylic acids is 2. The Morgan fingerprint density at radius 2 is 0.977 bits per heavy atom. The minimum absolute atomic E-state index is 0.138. The molecule has 8 rings (SSSR count). The maximum Gasteiger partial charge on any atom is 0.197 e. The molecule has 0 atom stereocenters. The zero-order chi connectivity index (χ0) is 29.9. The number of hydrogen-bond donors (Lipinski definition) is 0. The van der Waals surface area contributed by atoms with Crippen LogP contribution in [0.15, 0.2) is 133 Å². The van der Waals surface area contributed by atoms with Crippen LogP contribution in [0.2, 0.25) is 0 Å². The van der Waals surface area contributed by atoms with Crippen molar-refractivity contribution in [3.8, 4) is 0 Å². The van der Waals surface area contributed by atoms with E-state index in [0.717, 1.165) is 44.3 Å². The van der Waals surface area contributed by atoms with Crippen molar-refractivity contribution in [3.63, 3.8) is 0 Å². The lowest BCUT2D eigenvalue weighted by Crippen LogP contribution is -2.23. The van der Waals surface area contributed by atoms with Gasteiger partial charge in [0.1, 0.15) is 5.82 Å². The molecule has 0 saturated heterocycles. The Labute approximate surface area is 254 Å². The van der Waals surface area contributed by atoms with E-state index in [1.54, 1.807) is 6.08 Å². The van der Waals surface area contributed by atoms with E-state index in [-0.39, 0.29) is 17.1 Å². The number of fused-ring (bicyclic) bond motifs is 4. The summed E-state index contributed by atoms with van der Waals surface area (Å²) in [6, 6.07) is 35.4. The standard InChI is InChI=1S/C38H26N4O2/c1-23-11-3-9-17-32(23)41-34(20-19-27-35(43)28-21-25-13-5-6-14-26(25)22-29(28)36(27)44)42(33-18-10-4-12-24(33)2)38-37(41)39-30-15-7-8-16-31(30)40-38/h3-22H,1-2H3. The van der Waals surface area contributed by atoms with Gasteiger partial charge in [0, 0.05) is 11.1 Å². The van der Waals surface area contributed by atoms with Gasteiger partial charge in [0.15, 0.2) is 23.2 Å². The second kappa shape index (κ2) is 9.85. The van der Waals surface area contributed by atoms with E-state index in [4.69, 9.17) is 9.97 Å². The smallest absolute Gasteiger partial charge is 0.197 e. The van der Waals surface area contributed by atoms with Crippen molar-refractivity contribution in [2.45, 2.75) is 13.8 Å². The Morgan fingerprint density at radius 3 is 1.45 bits per heavy atom. The fourth-order valence-corrected chi connectivity index (χ4v) is 6.17. The summed E-state index contributed by atoms with van der Waals surface area (Å²) in [6.45, 7) is 4.11. The Morgan fingerprint density at radius 1 is 0.545 bits per heavy atom. The van der Waals surface area contributed by atoms with Crippen LogP contribution >= 0.6 is 0 Å². The first kappa shape index (κ1) is 25.8. The van der Waals surface area contributed by atoms with E-state index in [9.17, 15) is 9.59 Å². The number of benzene rings is 5. The van der Waals surface area contributed by atoms with Crippen molar-refractivity contribution in [3.05, 3.63) is 155 Å². The van der Waals surface area contributed by atoms with Crippen LogP contribution in [-0.2, 0) is 0 Å². The molecule has 6 aromatic rings. The molecule has 0 saturated carbocycles. The molecule has 44 heavy (non-hydrogen) atoms. The average molecular weight is 571 g/mol. The molecule has 0 amide bonds. The van der Waals surface area contributed by atoms with Gasteiger partial charge in [0.2, 0.25) is 0 Å². The van der Waals surface area contributed by atoms with E-state index >= 15 is 0 Å². The van der Waals surface area contributed by atoms with Gasteiger partial charge < -0.3 is 0 Å². The molecule has 0 bridgehead atoms. The highest BCUT2D eigenvalue weighted by Crippen LogP contribution is 2.49.